The maximum absolute atomic E-state index is 13.8. The molecule has 2 heterocycles. The lowest BCUT2D eigenvalue weighted by molar-refractivity contribution is -0.124. The number of benzene rings is 1. The van der Waals surface area contributed by atoms with Crippen molar-refractivity contribution in [1.82, 2.24) is 20.6 Å². The zero-order valence-electron chi connectivity index (χ0n) is 21.4. The first-order chi connectivity index (χ1) is 17.4. The van der Waals surface area contributed by atoms with Gasteiger partial charge in [-0.2, -0.15) is 0 Å². The summed E-state index contributed by atoms with van der Waals surface area (Å²) >= 11 is 5.73. The van der Waals surface area contributed by atoms with Gasteiger partial charge in [-0.15, -0.1) is 0 Å². The van der Waals surface area contributed by atoms with Crippen LogP contribution in [0, 0.1) is 5.82 Å². The molecule has 1 aliphatic rings. The molecule has 0 saturated carbocycles. The van der Waals surface area contributed by atoms with Crippen LogP contribution in [0.5, 0.6) is 5.75 Å². The van der Waals surface area contributed by atoms with E-state index in [9.17, 15) is 14.0 Å². The van der Waals surface area contributed by atoms with E-state index in [4.69, 9.17) is 30.4 Å². The minimum absolute atomic E-state index is 0.0116. The number of carbonyl (C=O) groups excluding carboxylic acids is 2. The van der Waals surface area contributed by atoms with Crippen molar-refractivity contribution in [3.63, 3.8) is 0 Å². The van der Waals surface area contributed by atoms with Crippen molar-refractivity contribution in [2.45, 2.75) is 57.3 Å². The first-order valence-electron chi connectivity index (χ1n) is 11.7. The number of aromatic nitrogens is 2. The Morgan fingerprint density at radius 1 is 1.16 bits per heavy atom. The molecule has 37 heavy (non-hydrogen) atoms. The van der Waals surface area contributed by atoms with E-state index in [1.807, 2.05) is 27.7 Å². The predicted molar refractivity (Wildman–Crippen MR) is 135 cm³/mol. The second-order valence-electron chi connectivity index (χ2n) is 9.52. The lowest BCUT2D eigenvalue weighted by Gasteiger charge is -2.32. The molecule has 0 bridgehead atoms. The monoisotopic (exact) mass is 536 g/mol. The van der Waals surface area contributed by atoms with Gasteiger partial charge in [-0.25, -0.2) is 9.37 Å². The third-order valence-electron chi connectivity index (χ3n) is 6.27. The minimum Gasteiger partial charge on any atom is -0.493 e. The Hall–Kier alpha value is -2.80. The number of carbonyl (C=O) groups is 2. The third-order valence-corrected chi connectivity index (χ3v) is 6.57. The predicted octanol–water partition coefficient (Wildman–Crippen LogP) is 2.60. The van der Waals surface area contributed by atoms with Gasteiger partial charge in [-0.3, -0.25) is 14.6 Å². The Morgan fingerprint density at radius 2 is 1.86 bits per heavy atom. The molecule has 10 nitrogen and oxygen atoms in total. The summed E-state index contributed by atoms with van der Waals surface area (Å²) in [6.07, 6.45) is 4.36. The van der Waals surface area contributed by atoms with Gasteiger partial charge in [0.2, 0.25) is 5.91 Å². The second kappa shape index (κ2) is 12.2. The van der Waals surface area contributed by atoms with Gasteiger partial charge < -0.3 is 29.4 Å². The zero-order valence-corrected chi connectivity index (χ0v) is 22.2. The Kier molecular flexibility index (Phi) is 9.46. The zero-order chi connectivity index (χ0) is 27.2. The standard InChI is InChI=1S/C24H31BClFN4O6/c1-23(2)24(3,4)37-25(36-23)20(8-11-35-15-6-7-16(26)17(27)12-15)31-22(33)19(14-34-5)30-21(32)18-13-28-9-10-29-18/h6-7,9-10,12-13,19-20H,8,11,14H2,1-5H3,(H,30,32)(H,31,33)/t19-,20-/m1/s1. The number of rotatable bonds is 11. The van der Waals surface area contributed by atoms with Gasteiger partial charge >= 0.3 is 7.12 Å². The Balaban J connectivity index is 1.72. The summed E-state index contributed by atoms with van der Waals surface area (Å²) in [5.74, 6) is -2.08. The summed E-state index contributed by atoms with van der Waals surface area (Å²) in [6, 6.07) is 3.09. The highest BCUT2D eigenvalue weighted by molar-refractivity contribution is 6.48. The molecule has 2 N–H and O–H groups in total. The highest BCUT2D eigenvalue weighted by atomic mass is 35.5. The van der Waals surface area contributed by atoms with Gasteiger partial charge in [-0.05, 0) is 39.8 Å². The van der Waals surface area contributed by atoms with E-state index < -0.39 is 47.9 Å². The van der Waals surface area contributed by atoms with Gasteiger partial charge in [-0.1, -0.05) is 11.6 Å². The smallest absolute Gasteiger partial charge is 0.481 e. The molecule has 0 spiro atoms. The summed E-state index contributed by atoms with van der Waals surface area (Å²) in [5.41, 5.74) is -1.23. The lowest BCUT2D eigenvalue weighted by Crippen LogP contribution is -2.56. The fourth-order valence-corrected chi connectivity index (χ4v) is 3.60. The van der Waals surface area contributed by atoms with Gasteiger partial charge in [0, 0.05) is 32.0 Å². The highest BCUT2D eigenvalue weighted by Crippen LogP contribution is 2.38. The maximum atomic E-state index is 13.8. The van der Waals surface area contributed by atoms with Crippen LogP contribution in [0.2, 0.25) is 5.02 Å². The molecule has 200 valence electrons. The number of hydrogen-bond acceptors (Lipinski definition) is 8. The second-order valence-corrected chi connectivity index (χ2v) is 9.93. The van der Waals surface area contributed by atoms with Crippen LogP contribution in [0.15, 0.2) is 36.8 Å². The molecule has 2 atom stereocenters. The van der Waals surface area contributed by atoms with Crippen molar-refractivity contribution in [2.75, 3.05) is 20.3 Å². The molecule has 1 aromatic carbocycles. The van der Waals surface area contributed by atoms with Crippen LogP contribution < -0.4 is 15.4 Å². The molecular formula is C24H31BClFN4O6. The highest BCUT2D eigenvalue weighted by Gasteiger charge is 2.54. The first kappa shape index (κ1) is 28.8. The van der Waals surface area contributed by atoms with E-state index >= 15 is 0 Å². The van der Waals surface area contributed by atoms with Crippen LogP contribution in [0.25, 0.3) is 0 Å². The van der Waals surface area contributed by atoms with E-state index in [1.54, 1.807) is 6.07 Å². The van der Waals surface area contributed by atoms with Crippen molar-refractivity contribution >= 4 is 30.5 Å². The van der Waals surface area contributed by atoms with Crippen molar-refractivity contribution in [3.05, 3.63) is 53.3 Å². The van der Waals surface area contributed by atoms with Crippen LogP contribution in [0.3, 0.4) is 0 Å². The maximum Gasteiger partial charge on any atom is 0.481 e. The Labute approximate surface area is 220 Å². The van der Waals surface area contributed by atoms with Crippen LogP contribution >= 0.6 is 11.6 Å². The van der Waals surface area contributed by atoms with Crippen molar-refractivity contribution in [1.29, 1.82) is 0 Å². The summed E-state index contributed by atoms with van der Waals surface area (Å²) < 4.78 is 36.9. The van der Waals surface area contributed by atoms with Crippen molar-refractivity contribution < 1.29 is 32.8 Å². The summed E-state index contributed by atoms with van der Waals surface area (Å²) in [5, 5.41) is 5.49. The molecule has 1 fully saturated rings. The normalized spacial score (nSPS) is 17.6. The van der Waals surface area contributed by atoms with Crippen LogP contribution in [0.1, 0.15) is 44.6 Å². The topological polar surface area (TPSA) is 121 Å². The molecule has 2 amide bonds. The fraction of sp³-hybridized carbons (Fsp3) is 0.500. The van der Waals surface area contributed by atoms with Crippen LogP contribution in [-0.2, 0) is 18.8 Å². The third kappa shape index (κ3) is 7.38. The summed E-state index contributed by atoms with van der Waals surface area (Å²) in [6.45, 7) is 7.61. The van der Waals surface area contributed by atoms with Crippen molar-refractivity contribution in [3.8, 4) is 5.75 Å². The fourth-order valence-electron chi connectivity index (χ4n) is 3.48. The number of nitrogens with one attached hydrogen (secondary N) is 2. The molecule has 0 radical (unpaired) electrons. The van der Waals surface area contributed by atoms with E-state index in [-0.39, 0.29) is 36.1 Å². The quantitative estimate of drug-likeness (QED) is 0.421. The number of halogens is 2. The SMILES string of the molecule is COC[C@@H](NC(=O)c1cnccn1)C(=O)N[C@H](CCOc1ccc(Cl)c(F)c1)B1OC(C)(C)C(C)(C)O1. The van der Waals surface area contributed by atoms with E-state index in [0.717, 1.165) is 0 Å². The molecule has 1 aliphatic heterocycles. The number of methoxy groups -OCH3 is 1. The lowest BCUT2D eigenvalue weighted by atomic mass is 9.76. The first-order valence-corrected chi connectivity index (χ1v) is 12.1. The molecule has 1 saturated heterocycles. The number of amides is 2. The number of nitrogens with zero attached hydrogens (tertiary/aromatic N) is 2. The van der Waals surface area contributed by atoms with Gasteiger partial charge in [0.25, 0.3) is 5.91 Å². The number of hydrogen-bond donors (Lipinski definition) is 2. The minimum atomic E-state index is -1.03. The average molecular weight is 537 g/mol. The van der Waals surface area contributed by atoms with Gasteiger partial charge in [0.1, 0.15) is 23.3 Å². The Morgan fingerprint density at radius 3 is 2.46 bits per heavy atom. The molecule has 0 aliphatic carbocycles. The molecule has 13 heteroatoms. The average Bonchev–Trinajstić information content (AvgIpc) is 3.07. The summed E-state index contributed by atoms with van der Waals surface area (Å²) in [7, 11) is 0.609. The molecule has 2 aromatic rings. The van der Waals surface area contributed by atoms with E-state index in [2.05, 4.69) is 20.6 Å². The molecule has 0 unspecified atom stereocenters. The van der Waals surface area contributed by atoms with E-state index in [0.29, 0.717) is 0 Å². The van der Waals surface area contributed by atoms with Crippen LogP contribution in [0.4, 0.5) is 4.39 Å². The van der Waals surface area contributed by atoms with Gasteiger partial charge in [0.15, 0.2) is 0 Å². The largest absolute Gasteiger partial charge is 0.493 e. The van der Waals surface area contributed by atoms with Crippen LogP contribution in [-0.4, -0.2) is 72.4 Å². The Bertz CT molecular complexity index is 1080. The van der Waals surface area contributed by atoms with E-state index in [1.165, 1.54) is 37.8 Å². The summed E-state index contributed by atoms with van der Waals surface area (Å²) in [4.78, 5) is 33.6. The van der Waals surface area contributed by atoms with Crippen molar-refractivity contribution in [2.24, 2.45) is 0 Å². The molecule has 3 rings (SSSR count). The van der Waals surface area contributed by atoms with Gasteiger partial charge in [0.05, 0.1) is 41.6 Å². The number of ether oxygens (including phenoxy) is 2. The molecular weight excluding hydrogens is 506 g/mol. The molecule has 1 aromatic heterocycles.